The highest BCUT2D eigenvalue weighted by atomic mass is 32.2. The van der Waals surface area contributed by atoms with E-state index in [9.17, 15) is 13.2 Å². The molecule has 7 heteroatoms. The van der Waals surface area contributed by atoms with E-state index < -0.39 is 16.1 Å². The Labute approximate surface area is 130 Å². The summed E-state index contributed by atoms with van der Waals surface area (Å²) in [7, 11) is -3.54. The van der Waals surface area contributed by atoms with E-state index in [0.717, 1.165) is 19.3 Å². The number of nitrogens with zero attached hydrogens (tertiary/aromatic N) is 1. The molecule has 2 aliphatic rings. The zero-order valence-corrected chi connectivity index (χ0v) is 13.5. The largest absolute Gasteiger partial charge is 0.479 e. The second-order valence-corrected chi connectivity index (χ2v) is 7.76. The van der Waals surface area contributed by atoms with Gasteiger partial charge in [0.2, 0.25) is 10.0 Å². The Morgan fingerprint density at radius 3 is 2.77 bits per heavy atom. The fourth-order valence-electron chi connectivity index (χ4n) is 2.91. The van der Waals surface area contributed by atoms with Crippen LogP contribution in [0.3, 0.4) is 0 Å². The molecule has 0 spiro atoms. The molecule has 1 saturated heterocycles. The lowest BCUT2D eigenvalue weighted by molar-refractivity contribution is -0.122. The van der Waals surface area contributed by atoms with E-state index in [-0.39, 0.29) is 16.8 Å². The van der Waals surface area contributed by atoms with Crippen LogP contribution in [0.2, 0.25) is 0 Å². The van der Waals surface area contributed by atoms with Crippen LogP contribution in [0, 0.1) is 0 Å². The molecule has 2 heterocycles. The molecule has 1 aromatic carbocycles. The molecule has 0 bridgehead atoms. The van der Waals surface area contributed by atoms with Crippen LogP contribution in [0.15, 0.2) is 23.1 Å². The minimum absolute atomic E-state index is 0.00864. The minimum Gasteiger partial charge on any atom is -0.479 e. The number of fused-ring (bicyclic) bond motifs is 1. The van der Waals surface area contributed by atoms with Crippen LogP contribution in [0.5, 0.6) is 5.75 Å². The lowest BCUT2D eigenvalue weighted by Gasteiger charge is -2.32. The number of sulfonamides is 1. The molecule has 3 rings (SSSR count). The zero-order chi connectivity index (χ0) is 15.9. The second kappa shape index (κ2) is 5.55. The van der Waals surface area contributed by atoms with E-state index in [1.807, 2.05) is 6.92 Å². The van der Waals surface area contributed by atoms with Crippen molar-refractivity contribution in [1.82, 2.24) is 4.31 Å². The van der Waals surface area contributed by atoms with Gasteiger partial charge in [0.25, 0.3) is 5.91 Å². The van der Waals surface area contributed by atoms with Crippen molar-refractivity contribution in [2.75, 3.05) is 11.9 Å². The minimum atomic E-state index is -3.54. The molecule has 0 unspecified atom stereocenters. The molecule has 1 fully saturated rings. The first-order valence-corrected chi connectivity index (χ1v) is 8.97. The molecule has 0 radical (unpaired) electrons. The fourth-order valence-corrected chi connectivity index (χ4v) is 4.62. The molecule has 1 N–H and O–H groups in total. The quantitative estimate of drug-likeness (QED) is 0.902. The number of benzene rings is 1. The summed E-state index contributed by atoms with van der Waals surface area (Å²) in [4.78, 5) is 11.8. The maximum absolute atomic E-state index is 12.8. The summed E-state index contributed by atoms with van der Waals surface area (Å²) in [6, 6.07) is 4.62. The number of carbonyl (C=O) groups is 1. The predicted octanol–water partition coefficient (Wildman–Crippen LogP) is 1.97. The van der Waals surface area contributed by atoms with Crippen LogP contribution < -0.4 is 10.1 Å². The number of rotatable bonds is 2. The van der Waals surface area contributed by atoms with Gasteiger partial charge in [-0.1, -0.05) is 6.42 Å². The van der Waals surface area contributed by atoms with Crippen LogP contribution in [0.1, 0.15) is 33.1 Å². The summed E-state index contributed by atoms with van der Waals surface area (Å²) >= 11 is 0. The first-order valence-electron chi connectivity index (χ1n) is 7.53. The van der Waals surface area contributed by atoms with Crippen molar-refractivity contribution in [3.63, 3.8) is 0 Å². The molecule has 1 aromatic rings. The SMILES string of the molecule is C[C@H]1Oc2cc(S(=O)(=O)N3CCCC[C@@H]3C)ccc2NC1=O. The first-order chi connectivity index (χ1) is 10.4. The highest BCUT2D eigenvalue weighted by Gasteiger charge is 2.32. The zero-order valence-electron chi connectivity index (χ0n) is 12.7. The lowest BCUT2D eigenvalue weighted by Crippen LogP contribution is -2.42. The number of amides is 1. The van der Waals surface area contributed by atoms with Gasteiger partial charge in [-0.15, -0.1) is 0 Å². The molecular formula is C15H20N2O4S. The Morgan fingerprint density at radius 2 is 2.05 bits per heavy atom. The molecule has 0 saturated carbocycles. The van der Waals surface area contributed by atoms with Crippen molar-refractivity contribution < 1.29 is 17.9 Å². The van der Waals surface area contributed by atoms with Gasteiger partial charge in [-0.2, -0.15) is 4.31 Å². The van der Waals surface area contributed by atoms with E-state index in [2.05, 4.69) is 5.32 Å². The maximum Gasteiger partial charge on any atom is 0.265 e. The van der Waals surface area contributed by atoms with E-state index >= 15 is 0 Å². The lowest BCUT2D eigenvalue weighted by atomic mass is 10.1. The van der Waals surface area contributed by atoms with Crippen molar-refractivity contribution in [2.24, 2.45) is 0 Å². The van der Waals surface area contributed by atoms with Crippen molar-refractivity contribution in [1.29, 1.82) is 0 Å². The summed E-state index contributed by atoms with van der Waals surface area (Å²) in [6.45, 7) is 4.12. The molecule has 22 heavy (non-hydrogen) atoms. The third-order valence-electron chi connectivity index (χ3n) is 4.23. The second-order valence-electron chi connectivity index (χ2n) is 5.87. The Balaban J connectivity index is 1.95. The number of hydrogen-bond donors (Lipinski definition) is 1. The molecule has 0 aromatic heterocycles. The Bertz CT molecular complexity index is 701. The van der Waals surface area contributed by atoms with Gasteiger partial charge < -0.3 is 10.1 Å². The predicted molar refractivity (Wildman–Crippen MR) is 82.4 cm³/mol. The van der Waals surface area contributed by atoms with Gasteiger partial charge in [0.1, 0.15) is 5.75 Å². The van der Waals surface area contributed by atoms with Gasteiger partial charge in [-0.05, 0) is 38.8 Å². The Morgan fingerprint density at radius 1 is 1.27 bits per heavy atom. The smallest absolute Gasteiger partial charge is 0.265 e. The normalized spacial score (nSPS) is 26.0. The van der Waals surface area contributed by atoms with Crippen molar-refractivity contribution >= 4 is 21.6 Å². The van der Waals surface area contributed by atoms with Crippen LogP contribution in [-0.4, -0.2) is 37.3 Å². The maximum atomic E-state index is 12.8. The molecule has 6 nitrogen and oxygen atoms in total. The van der Waals surface area contributed by atoms with Gasteiger partial charge in [0.05, 0.1) is 10.6 Å². The Hall–Kier alpha value is -1.60. The average Bonchev–Trinajstić information content (AvgIpc) is 2.48. The third kappa shape index (κ3) is 2.59. The molecule has 0 aliphatic carbocycles. The summed E-state index contributed by atoms with van der Waals surface area (Å²) < 4.78 is 32.7. The van der Waals surface area contributed by atoms with Crippen LogP contribution in [-0.2, 0) is 14.8 Å². The number of hydrogen-bond acceptors (Lipinski definition) is 4. The molecule has 2 atom stereocenters. The van der Waals surface area contributed by atoms with E-state index in [1.165, 1.54) is 12.1 Å². The van der Waals surface area contributed by atoms with E-state index in [0.29, 0.717) is 18.0 Å². The highest BCUT2D eigenvalue weighted by molar-refractivity contribution is 7.89. The fraction of sp³-hybridized carbons (Fsp3) is 0.533. The number of nitrogens with one attached hydrogen (secondary N) is 1. The van der Waals surface area contributed by atoms with Crippen molar-refractivity contribution in [2.45, 2.75) is 50.2 Å². The Kier molecular flexibility index (Phi) is 3.86. The number of piperidine rings is 1. The third-order valence-corrected chi connectivity index (χ3v) is 6.24. The van der Waals surface area contributed by atoms with Crippen LogP contribution >= 0.6 is 0 Å². The van der Waals surface area contributed by atoms with Gasteiger partial charge in [-0.25, -0.2) is 8.42 Å². The first kappa shape index (κ1) is 15.3. The summed E-state index contributed by atoms with van der Waals surface area (Å²) in [5, 5.41) is 2.70. The number of ether oxygens (including phenoxy) is 1. The molecule has 1 amide bonds. The standard InChI is InChI=1S/C15H20N2O4S/c1-10-5-3-4-8-17(10)22(19,20)12-6-7-13-14(9-12)21-11(2)15(18)16-13/h6-7,9-11H,3-5,8H2,1-2H3,(H,16,18)/t10-,11+/m0/s1. The monoisotopic (exact) mass is 324 g/mol. The summed E-state index contributed by atoms with van der Waals surface area (Å²) in [5.41, 5.74) is 0.508. The van der Waals surface area contributed by atoms with Gasteiger partial charge in [0.15, 0.2) is 6.10 Å². The highest BCUT2D eigenvalue weighted by Crippen LogP contribution is 2.34. The van der Waals surface area contributed by atoms with Crippen LogP contribution in [0.25, 0.3) is 0 Å². The average molecular weight is 324 g/mol. The van der Waals surface area contributed by atoms with E-state index in [1.54, 1.807) is 17.3 Å². The number of anilines is 1. The number of carbonyl (C=O) groups excluding carboxylic acids is 1. The van der Waals surface area contributed by atoms with Gasteiger partial charge in [-0.3, -0.25) is 4.79 Å². The summed E-state index contributed by atoms with van der Waals surface area (Å²) in [6.07, 6.45) is 2.20. The van der Waals surface area contributed by atoms with Crippen LogP contribution in [0.4, 0.5) is 5.69 Å². The molecular weight excluding hydrogens is 304 g/mol. The van der Waals surface area contributed by atoms with Crippen molar-refractivity contribution in [3.8, 4) is 5.75 Å². The van der Waals surface area contributed by atoms with Gasteiger partial charge in [0, 0.05) is 18.7 Å². The molecule has 2 aliphatic heterocycles. The van der Waals surface area contributed by atoms with Crippen molar-refractivity contribution in [3.05, 3.63) is 18.2 Å². The topological polar surface area (TPSA) is 75.7 Å². The van der Waals surface area contributed by atoms with E-state index in [4.69, 9.17) is 4.74 Å². The molecule has 120 valence electrons. The summed E-state index contributed by atoms with van der Waals surface area (Å²) in [5.74, 6) is 0.172. The van der Waals surface area contributed by atoms with Gasteiger partial charge >= 0.3 is 0 Å².